The van der Waals surface area contributed by atoms with Gasteiger partial charge in [0.15, 0.2) is 0 Å². The molecule has 1 rings (SSSR count). The van der Waals surface area contributed by atoms with Crippen LogP contribution in [-0.2, 0) is 14.3 Å². The van der Waals surface area contributed by atoms with Gasteiger partial charge in [0.25, 0.3) is 0 Å². The van der Waals surface area contributed by atoms with Crippen LogP contribution >= 0.6 is 0 Å². The van der Waals surface area contributed by atoms with Crippen LogP contribution in [0.2, 0.25) is 0 Å². The summed E-state index contributed by atoms with van der Waals surface area (Å²) >= 11 is 0. The predicted molar refractivity (Wildman–Crippen MR) is 78.1 cm³/mol. The second-order valence-electron chi connectivity index (χ2n) is 4.38. The van der Waals surface area contributed by atoms with Gasteiger partial charge in [-0.3, -0.25) is 0 Å². The molecule has 20 heavy (non-hydrogen) atoms. The second kappa shape index (κ2) is 9.07. The van der Waals surface area contributed by atoms with Crippen LogP contribution < -0.4 is 0 Å². The van der Waals surface area contributed by atoms with Gasteiger partial charge in [0.2, 0.25) is 0 Å². The molecule has 0 fully saturated rings. The molecule has 0 saturated carbocycles. The fourth-order valence-electron chi connectivity index (χ4n) is 1.36. The van der Waals surface area contributed by atoms with E-state index in [1.165, 1.54) is 0 Å². The van der Waals surface area contributed by atoms with Gasteiger partial charge in [0, 0.05) is 5.57 Å². The summed E-state index contributed by atoms with van der Waals surface area (Å²) in [6.07, 6.45) is 2.97. The van der Waals surface area contributed by atoms with Crippen molar-refractivity contribution in [2.75, 3.05) is 19.8 Å². The Bertz CT molecular complexity index is 451. The summed E-state index contributed by atoms with van der Waals surface area (Å²) in [4.78, 5) is 11.1. The number of benzene rings is 1. The molecular formula is C16H20O4. The van der Waals surface area contributed by atoms with E-state index >= 15 is 0 Å². The third-order valence-corrected chi connectivity index (χ3v) is 2.39. The zero-order valence-electron chi connectivity index (χ0n) is 11.6. The molecule has 1 aromatic rings. The Labute approximate surface area is 119 Å². The number of hydrogen-bond donors (Lipinski definition) is 1. The molecule has 0 aliphatic carbocycles. The van der Waals surface area contributed by atoms with E-state index in [1.807, 2.05) is 42.5 Å². The van der Waals surface area contributed by atoms with Crippen LogP contribution in [0, 0.1) is 0 Å². The number of rotatable bonds is 8. The lowest BCUT2D eigenvalue weighted by atomic mass is 10.2. The van der Waals surface area contributed by atoms with Crippen molar-refractivity contribution in [1.29, 1.82) is 0 Å². The molecule has 4 nitrogen and oxygen atoms in total. The maximum absolute atomic E-state index is 11.1. The molecule has 0 heterocycles. The van der Waals surface area contributed by atoms with E-state index in [2.05, 4.69) is 6.58 Å². The molecule has 4 heteroatoms. The first-order valence-electron chi connectivity index (χ1n) is 6.39. The summed E-state index contributed by atoms with van der Waals surface area (Å²) in [5.41, 5.74) is 1.40. The highest BCUT2D eigenvalue weighted by Crippen LogP contribution is 2.01. The first-order valence-corrected chi connectivity index (χ1v) is 6.39. The molecule has 0 saturated heterocycles. The minimum absolute atomic E-state index is 0.0892. The molecule has 0 aliphatic heterocycles. The Hall–Kier alpha value is -1.91. The van der Waals surface area contributed by atoms with Gasteiger partial charge in [0.1, 0.15) is 12.7 Å². The van der Waals surface area contributed by atoms with Crippen molar-refractivity contribution in [2.45, 2.75) is 13.0 Å². The van der Waals surface area contributed by atoms with Gasteiger partial charge in [-0.1, -0.05) is 49.1 Å². The number of aliphatic hydroxyl groups excluding tert-OH is 1. The highest BCUT2D eigenvalue weighted by atomic mass is 16.5. The van der Waals surface area contributed by atoms with Crippen molar-refractivity contribution in [3.63, 3.8) is 0 Å². The van der Waals surface area contributed by atoms with Gasteiger partial charge >= 0.3 is 5.97 Å². The molecule has 1 N–H and O–H groups in total. The zero-order valence-corrected chi connectivity index (χ0v) is 11.6. The molecule has 1 atom stereocenters. The Kier molecular flexibility index (Phi) is 7.32. The third kappa shape index (κ3) is 6.87. The fourth-order valence-corrected chi connectivity index (χ4v) is 1.36. The summed E-state index contributed by atoms with van der Waals surface area (Å²) in [6, 6.07) is 9.85. The fraction of sp³-hybridized carbons (Fsp3) is 0.312. The number of hydrogen-bond acceptors (Lipinski definition) is 4. The SMILES string of the molecule is C=C(C)C(=O)OCC(O)COC/C=C/c1ccccc1. The van der Waals surface area contributed by atoms with Crippen molar-refractivity contribution in [3.8, 4) is 0 Å². The Balaban J connectivity index is 2.13. The Morgan fingerprint density at radius 1 is 1.35 bits per heavy atom. The van der Waals surface area contributed by atoms with Gasteiger partial charge in [-0.15, -0.1) is 0 Å². The number of esters is 1. The molecule has 0 bridgehead atoms. The van der Waals surface area contributed by atoms with Gasteiger partial charge in [-0.2, -0.15) is 0 Å². The molecule has 0 radical (unpaired) electrons. The highest BCUT2D eigenvalue weighted by molar-refractivity contribution is 5.86. The largest absolute Gasteiger partial charge is 0.460 e. The monoisotopic (exact) mass is 276 g/mol. The summed E-state index contributed by atoms with van der Waals surface area (Å²) < 4.78 is 10.1. The van der Waals surface area contributed by atoms with Crippen LogP contribution in [0.4, 0.5) is 0 Å². The van der Waals surface area contributed by atoms with E-state index in [0.717, 1.165) is 5.56 Å². The summed E-state index contributed by atoms with van der Waals surface area (Å²) in [6.45, 7) is 5.42. The van der Waals surface area contributed by atoms with Gasteiger partial charge in [-0.05, 0) is 12.5 Å². The van der Waals surface area contributed by atoms with Crippen LogP contribution in [0.5, 0.6) is 0 Å². The molecular weight excluding hydrogens is 256 g/mol. The molecule has 0 aliphatic rings. The van der Waals surface area contributed by atoms with E-state index in [1.54, 1.807) is 6.92 Å². The van der Waals surface area contributed by atoms with Crippen LogP contribution in [0.1, 0.15) is 12.5 Å². The van der Waals surface area contributed by atoms with Gasteiger partial charge < -0.3 is 14.6 Å². The maximum atomic E-state index is 11.1. The first kappa shape index (κ1) is 16.1. The van der Waals surface area contributed by atoms with Gasteiger partial charge in [-0.25, -0.2) is 4.79 Å². The Morgan fingerprint density at radius 2 is 2.05 bits per heavy atom. The number of aliphatic hydroxyl groups is 1. The normalized spacial score (nSPS) is 12.3. The van der Waals surface area contributed by atoms with Crippen LogP contribution in [0.25, 0.3) is 6.08 Å². The standard InChI is InChI=1S/C16H20O4/c1-13(2)16(18)20-12-15(17)11-19-10-6-9-14-7-4-3-5-8-14/h3-9,15,17H,1,10-12H2,2H3/b9-6+. The second-order valence-corrected chi connectivity index (χ2v) is 4.38. The minimum atomic E-state index is -0.830. The van der Waals surface area contributed by atoms with E-state index in [9.17, 15) is 9.90 Å². The zero-order chi connectivity index (χ0) is 14.8. The lowest BCUT2D eigenvalue weighted by Crippen LogP contribution is -2.24. The van der Waals surface area contributed by atoms with Crippen molar-refractivity contribution in [3.05, 3.63) is 54.1 Å². The molecule has 108 valence electrons. The molecule has 1 aromatic carbocycles. The van der Waals surface area contributed by atoms with Crippen molar-refractivity contribution >= 4 is 12.0 Å². The van der Waals surface area contributed by atoms with Crippen molar-refractivity contribution in [2.24, 2.45) is 0 Å². The average molecular weight is 276 g/mol. The molecule has 1 unspecified atom stereocenters. The lowest BCUT2D eigenvalue weighted by Gasteiger charge is -2.10. The molecule has 0 amide bonds. The lowest BCUT2D eigenvalue weighted by molar-refractivity contribution is -0.142. The minimum Gasteiger partial charge on any atom is -0.460 e. The summed E-state index contributed by atoms with van der Waals surface area (Å²) in [7, 11) is 0. The van der Waals surface area contributed by atoms with Crippen LogP contribution in [0.3, 0.4) is 0 Å². The van der Waals surface area contributed by atoms with Crippen molar-refractivity contribution < 1.29 is 19.4 Å². The number of carbonyl (C=O) groups is 1. The topological polar surface area (TPSA) is 55.8 Å². The van der Waals surface area contributed by atoms with Crippen LogP contribution in [-0.4, -0.2) is 37.0 Å². The quantitative estimate of drug-likeness (QED) is 0.449. The van der Waals surface area contributed by atoms with Gasteiger partial charge in [0.05, 0.1) is 13.2 Å². The summed E-state index contributed by atoms with van der Waals surface area (Å²) in [5.74, 6) is -0.506. The number of ether oxygens (including phenoxy) is 2. The maximum Gasteiger partial charge on any atom is 0.333 e. The van der Waals surface area contributed by atoms with E-state index in [4.69, 9.17) is 9.47 Å². The molecule has 0 aromatic heterocycles. The Morgan fingerprint density at radius 3 is 2.70 bits per heavy atom. The predicted octanol–water partition coefficient (Wildman–Crippen LogP) is 2.20. The van der Waals surface area contributed by atoms with E-state index < -0.39 is 12.1 Å². The number of carbonyl (C=O) groups excluding carboxylic acids is 1. The third-order valence-electron chi connectivity index (χ3n) is 2.39. The van der Waals surface area contributed by atoms with E-state index in [-0.39, 0.29) is 13.2 Å². The van der Waals surface area contributed by atoms with E-state index in [0.29, 0.717) is 12.2 Å². The average Bonchev–Trinajstić information content (AvgIpc) is 2.45. The smallest absolute Gasteiger partial charge is 0.333 e. The molecule has 0 spiro atoms. The van der Waals surface area contributed by atoms with Crippen molar-refractivity contribution in [1.82, 2.24) is 0 Å². The first-order chi connectivity index (χ1) is 9.59. The van der Waals surface area contributed by atoms with Crippen LogP contribution in [0.15, 0.2) is 48.6 Å². The summed E-state index contributed by atoms with van der Waals surface area (Å²) in [5, 5.41) is 9.54. The highest BCUT2D eigenvalue weighted by Gasteiger charge is 2.08.